The molecule has 10 heavy (non-hydrogen) atoms. The van der Waals surface area contributed by atoms with Crippen LogP contribution in [0.4, 0.5) is 4.39 Å². The number of hydrogen-bond donors (Lipinski definition) is 0. The summed E-state index contributed by atoms with van der Waals surface area (Å²) in [5.74, 6) is 0.978. The van der Waals surface area contributed by atoms with Gasteiger partial charge in [0.1, 0.15) is 0 Å². The standard InChI is InChI=1S/C7H15N.CH3F/c1-7-3-5-8(2)6-4-7;1-2/h7H,3-6H2,1-2H3;1H3. The zero-order chi connectivity index (χ0) is 7.98. The molecule has 1 saturated heterocycles. The van der Waals surface area contributed by atoms with Gasteiger partial charge in [-0.2, -0.15) is 0 Å². The highest BCUT2D eigenvalue weighted by molar-refractivity contribution is 4.65. The zero-order valence-electron chi connectivity index (χ0n) is 7.23. The molecule has 0 unspecified atom stereocenters. The number of alkyl halides is 1. The molecular formula is C8H18FN. The predicted octanol–water partition coefficient (Wildman–Crippen LogP) is 1.93. The maximum Gasteiger partial charge on any atom is 0.0785 e. The number of rotatable bonds is 0. The first kappa shape index (κ1) is 9.89. The van der Waals surface area contributed by atoms with E-state index in [0.717, 1.165) is 5.92 Å². The molecule has 0 spiro atoms. The Bertz CT molecular complexity index is 57.7. The fourth-order valence-electron chi connectivity index (χ4n) is 1.14. The van der Waals surface area contributed by atoms with Gasteiger partial charge in [0.2, 0.25) is 0 Å². The van der Waals surface area contributed by atoms with Crippen LogP contribution < -0.4 is 0 Å². The van der Waals surface area contributed by atoms with Crippen molar-refractivity contribution < 1.29 is 4.39 Å². The maximum atomic E-state index is 9.50. The summed E-state index contributed by atoms with van der Waals surface area (Å²) in [6.07, 6.45) is 2.80. The fourth-order valence-corrected chi connectivity index (χ4v) is 1.14. The lowest BCUT2D eigenvalue weighted by Crippen LogP contribution is -2.28. The molecule has 0 bridgehead atoms. The van der Waals surface area contributed by atoms with Crippen LogP contribution in [0.25, 0.3) is 0 Å². The summed E-state index contributed by atoms with van der Waals surface area (Å²) in [6, 6.07) is 0. The van der Waals surface area contributed by atoms with Crippen LogP contribution in [-0.4, -0.2) is 32.2 Å². The van der Waals surface area contributed by atoms with Gasteiger partial charge in [0.25, 0.3) is 0 Å². The number of halogens is 1. The van der Waals surface area contributed by atoms with E-state index in [1.807, 2.05) is 0 Å². The third-order valence-corrected chi connectivity index (χ3v) is 2.01. The Morgan fingerprint density at radius 1 is 1.20 bits per heavy atom. The third kappa shape index (κ3) is 3.83. The summed E-state index contributed by atoms with van der Waals surface area (Å²) in [7, 11) is 2.70. The first-order chi connectivity index (χ1) is 4.79. The van der Waals surface area contributed by atoms with E-state index >= 15 is 0 Å². The first-order valence-corrected chi connectivity index (χ1v) is 3.85. The van der Waals surface area contributed by atoms with E-state index in [2.05, 4.69) is 18.9 Å². The Morgan fingerprint density at radius 3 is 1.90 bits per heavy atom. The predicted molar refractivity (Wildman–Crippen MR) is 42.9 cm³/mol. The van der Waals surface area contributed by atoms with E-state index in [0.29, 0.717) is 7.18 Å². The van der Waals surface area contributed by atoms with Crippen LogP contribution in [0, 0.1) is 5.92 Å². The van der Waals surface area contributed by atoms with Crippen molar-refractivity contribution in [3.63, 3.8) is 0 Å². The van der Waals surface area contributed by atoms with Gasteiger partial charge in [-0.3, -0.25) is 4.39 Å². The van der Waals surface area contributed by atoms with Crippen LogP contribution >= 0.6 is 0 Å². The summed E-state index contributed by atoms with van der Waals surface area (Å²) in [5, 5.41) is 0. The van der Waals surface area contributed by atoms with Gasteiger partial charge in [-0.1, -0.05) is 6.92 Å². The Kier molecular flexibility index (Phi) is 5.60. The Morgan fingerprint density at radius 2 is 1.60 bits per heavy atom. The van der Waals surface area contributed by atoms with Crippen molar-refractivity contribution in [2.75, 3.05) is 27.3 Å². The maximum absolute atomic E-state index is 9.50. The smallest absolute Gasteiger partial charge is 0.0785 e. The highest BCUT2D eigenvalue weighted by atomic mass is 19.1. The number of likely N-dealkylation sites (tertiary alicyclic amines) is 1. The van der Waals surface area contributed by atoms with E-state index < -0.39 is 0 Å². The molecule has 0 atom stereocenters. The summed E-state index contributed by atoms with van der Waals surface area (Å²) in [6.45, 7) is 4.95. The van der Waals surface area contributed by atoms with E-state index in [1.165, 1.54) is 25.9 Å². The van der Waals surface area contributed by atoms with Gasteiger partial charge in [0.15, 0.2) is 0 Å². The van der Waals surface area contributed by atoms with Crippen molar-refractivity contribution >= 4 is 0 Å². The Labute approximate surface area is 63.2 Å². The summed E-state index contributed by atoms with van der Waals surface area (Å²) in [5.41, 5.74) is 0. The van der Waals surface area contributed by atoms with Gasteiger partial charge in [-0.15, -0.1) is 0 Å². The number of hydrogen-bond acceptors (Lipinski definition) is 1. The highest BCUT2D eigenvalue weighted by Crippen LogP contribution is 2.13. The summed E-state index contributed by atoms with van der Waals surface area (Å²) in [4.78, 5) is 2.40. The van der Waals surface area contributed by atoms with Gasteiger partial charge in [0, 0.05) is 0 Å². The van der Waals surface area contributed by atoms with Crippen LogP contribution in [0.2, 0.25) is 0 Å². The lowest BCUT2D eigenvalue weighted by Gasteiger charge is -2.26. The van der Waals surface area contributed by atoms with Gasteiger partial charge in [0.05, 0.1) is 7.18 Å². The van der Waals surface area contributed by atoms with Crippen molar-refractivity contribution in [3.8, 4) is 0 Å². The minimum atomic E-state index is 0.500. The molecule has 0 saturated carbocycles. The van der Waals surface area contributed by atoms with E-state index in [1.54, 1.807) is 0 Å². The Hall–Kier alpha value is -0.110. The fraction of sp³-hybridized carbons (Fsp3) is 1.00. The van der Waals surface area contributed by atoms with E-state index in [-0.39, 0.29) is 0 Å². The SMILES string of the molecule is CC1CCN(C)CC1.CF. The van der Waals surface area contributed by atoms with Gasteiger partial charge in [-0.25, -0.2) is 0 Å². The Balaban J connectivity index is 0.000000371. The molecule has 1 heterocycles. The van der Waals surface area contributed by atoms with Crippen molar-refractivity contribution in [1.29, 1.82) is 0 Å². The van der Waals surface area contributed by atoms with Crippen molar-refractivity contribution in [2.45, 2.75) is 19.8 Å². The average molecular weight is 147 g/mol. The van der Waals surface area contributed by atoms with Gasteiger partial charge < -0.3 is 4.90 Å². The first-order valence-electron chi connectivity index (χ1n) is 3.85. The van der Waals surface area contributed by atoms with Crippen molar-refractivity contribution in [1.82, 2.24) is 4.90 Å². The lowest BCUT2D eigenvalue weighted by atomic mass is 10.00. The largest absolute Gasteiger partial charge is 0.306 e. The molecule has 1 aliphatic rings. The molecule has 2 heteroatoms. The quantitative estimate of drug-likeness (QED) is 0.506. The molecule has 1 nitrogen and oxygen atoms in total. The second kappa shape index (κ2) is 5.66. The summed E-state index contributed by atoms with van der Waals surface area (Å²) < 4.78 is 9.50. The van der Waals surface area contributed by atoms with E-state index in [4.69, 9.17) is 0 Å². The minimum Gasteiger partial charge on any atom is -0.306 e. The molecule has 1 aliphatic heterocycles. The minimum absolute atomic E-state index is 0.500. The van der Waals surface area contributed by atoms with E-state index in [9.17, 15) is 4.39 Å². The molecule has 1 fully saturated rings. The monoisotopic (exact) mass is 147 g/mol. The molecule has 0 aliphatic carbocycles. The van der Waals surface area contributed by atoms with Crippen molar-refractivity contribution in [2.24, 2.45) is 5.92 Å². The highest BCUT2D eigenvalue weighted by Gasteiger charge is 2.10. The van der Waals surface area contributed by atoms with Crippen LogP contribution in [-0.2, 0) is 0 Å². The molecule has 62 valence electrons. The topological polar surface area (TPSA) is 3.24 Å². The van der Waals surface area contributed by atoms with Gasteiger partial charge in [-0.05, 0) is 38.9 Å². The molecule has 0 amide bonds. The number of nitrogens with zero attached hydrogens (tertiary/aromatic N) is 1. The molecule has 0 aromatic heterocycles. The van der Waals surface area contributed by atoms with Crippen LogP contribution in [0.15, 0.2) is 0 Å². The molecular weight excluding hydrogens is 129 g/mol. The number of piperidine rings is 1. The normalized spacial score (nSPS) is 21.6. The van der Waals surface area contributed by atoms with Crippen LogP contribution in [0.5, 0.6) is 0 Å². The van der Waals surface area contributed by atoms with Crippen molar-refractivity contribution in [3.05, 3.63) is 0 Å². The second-order valence-corrected chi connectivity index (χ2v) is 2.99. The molecule has 1 rings (SSSR count). The second-order valence-electron chi connectivity index (χ2n) is 2.99. The van der Waals surface area contributed by atoms with Crippen LogP contribution in [0.1, 0.15) is 19.8 Å². The third-order valence-electron chi connectivity index (χ3n) is 2.01. The molecule has 0 aromatic carbocycles. The molecule has 0 aromatic rings. The molecule has 0 radical (unpaired) electrons. The van der Waals surface area contributed by atoms with Gasteiger partial charge >= 0.3 is 0 Å². The zero-order valence-corrected chi connectivity index (χ0v) is 7.23. The average Bonchev–Trinajstić information content (AvgIpc) is 2.00. The molecule has 0 N–H and O–H groups in total. The summed E-state index contributed by atoms with van der Waals surface area (Å²) >= 11 is 0. The van der Waals surface area contributed by atoms with Crippen LogP contribution in [0.3, 0.4) is 0 Å². The lowest BCUT2D eigenvalue weighted by molar-refractivity contribution is 0.230.